The zero-order valence-corrected chi connectivity index (χ0v) is 10.4. The first-order valence-corrected chi connectivity index (χ1v) is 6.32. The molecule has 0 saturated carbocycles. The predicted octanol–water partition coefficient (Wildman–Crippen LogP) is 1.69. The molecule has 1 aliphatic carbocycles. The van der Waals surface area contributed by atoms with Gasteiger partial charge in [-0.25, -0.2) is 0 Å². The molecule has 0 bridgehead atoms. The SMILES string of the molecule is O=C1C=CC2C=NOC2/C1=C1/Nc2ccccc2C1=O. The molecular weight excluding hydrogens is 256 g/mol. The first kappa shape index (κ1) is 11.2. The van der Waals surface area contributed by atoms with Crippen molar-refractivity contribution in [3.8, 4) is 0 Å². The van der Waals surface area contributed by atoms with Crippen LogP contribution in [0.15, 0.2) is 52.8 Å². The maximum absolute atomic E-state index is 12.4. The number of Topliss-reactive ketones (excluding diaryl/α,β-unsaturated/α-hetero) is 1. The number of nitrogens with one attached hydrogen (secondary N) is 1. The van der Waals surface area contributed by atoms with Crippen LogP contribution in [-0.4, -0.2) is 23.9 Å². The fourth-order valence-electron chi connectivity index (χ4n) is 2.72. The third-order valence-electron chi connectivity index (χ3n) is 3.70. The van der Waals surface area contributed by atoms with Gasteiger partial charge in [0.2, 0.25) is 5.78 Å². The average Bonchev–Trinajstić information content (AvgIpc) is 3.05. The molecular formula is C15H10N2O3. The highest BCUT2D eigenvalue weighted by atomic mass is 16.6. The Balaban J connectivity index is 1.86. The van der Waals surface area contributed by atoms with E-state index in [1.807, 2.05) is 12.1 Å². The largest absolute Gasteiger partial charge is 0.387 e. The van der Waals surface area contributed by atoms with E-state index < -0.39 is 6.10 Å². The van der Waals surface area contributed by atoms with E-state index >= 15 is 0 Å². The Bertz CT molecular complexity index is 730. The minimum atomic E-state index is -0.506. The summed E-state index contributed by atoms with van der Waals surface area (Å²) in [6.45, 7) is 0. The molecule has 5 heteroatoms. The number of hydrogen-bond acceptors (Lipinski definition) is 5. The van der Waals surface area contributed by atoms with E-state index in [1.165, 1.54) is 6.08 Å². The quantitative estimate of drug-likeness (QED) is 0.725. The highest BCUT2D eigenvalue weighted by Gasteiger charge is 2.40. The minimum Gasteiger partial charge on any atom is -0.387 e. The van der Waals surface area contributed by atoms with Crippen molar-refractivity contribution in [2.45, 2.75) is 6.10 Å². The average molecular weight is 266 g/mol. The van der Waals surface area contributed by atoms with E-state index in [1.54, 1.807) is 24.4 Å². The van der Waals surface area contributed by atoms with E-state index in [2.05, 4.69) is 10.5 Å². The molecule has 0 amide bonds. The minimum absolute atomic E-state index is 0.0893. The van der Waals surface area contributed by atoms with Gasteiger partial charge in [-0.1, -0.05) is 23.4 Å². The van der Waals surface area contributed by atoms with E-state index in [4.69, 9.17) is 4.84 Å². The molecule has 2 atom stereocenters. The van der Waals surface area contributed by atoms with Crippen LogP contribution in [0.2, 0.25) is 0 Å². The lowest BCUT2D eigenvalue weighted by Gasteiger charge is -2.21. The third kappa shape index (κ3) is 1.40. The van der Waals surface area contributed by atoms with Crippen LogP contribution in [0.3, 0.4) is 0 Å². The van der Waals surface area contributed by atoms with Crippen molar-refractivity contribution < 1.29 is 14.4 Å². The Morgan fingerprint density at radius 1 is 1.20 bits per heavy atom. The molecule has 0 fully saturated rings. The Kier molecular flexibility index (Phi) is 2.18. The van der Waals surface area contributed by atoms with Crippen molar-refractivity contribution in [3.05, 3.63) is 53.3 Å². The van der Waals surface area contributed by atoms with Crippen molar-refractivity contribution in [3.63, 3.8) is 0 Å². The highest BCUT2D eigenvalue weighted by molar-refractivity contribution is 6.23. The molecule has 20 heavy (non-hydrogen) atoms. The Morgan fingerprint density at radius 3 is 2.90 bits per heavy atom. The lowest BCUT2D eigenvalue weighted by Crippen LogP contribution is -2.31. The number of anilines is 1. The van der Waals surface area contributed by atoms with Crippen molar-refractivity contribution >= 4 is 23.5 Å². The maximum Gasteiger partial charge on any atom is 0.211 e. The standard InChI is InChI=1S/C15H10N2O3/c18-11-6-5-8-7-16-20-15(8)12(11)13-14(19)9-3-1-2-4-10(9)17-13/h1-8,15,17H/b13-12+. The van der Waals surface area contributed by atoms with Crippen LogP contribution in [0.25, 0.3) is 0 Å². The van der Waals surface area contributed by atoms with Crippen LogP contribution >= 0.6 is 0 Å². The molecule has 3 aliphatic rings. The Labute approximate surface area is 114 Å². The molecule has 98 valence electrons. The number of nitrogens with zero attached hydrogens (tertiary/aromatic N) is 1. The van der Waals surface area contributed by atoms with Crippen LogP contribution in [-0.2, 0) is 9.63 Å². The first-order chi connectivity index (χ1) is 9.75. The lowest BCUT2D eigenvalue weighted by molar-refractivity contribution is -0.113. The number of rotatable bonds is 0. The highest BCUT2D eigenvalue weighted by Crippen LogP contribution is 2.35. The van der Waals surface area contributed by atoms with Gasteiger partial charge in [0.1, 0.15) is 0 Å². The summed E-state index contributed by atoms with van der Waals surface area (Å²) in [5.74, 6) is -0.470. The van der Waals surface area contributed by atoms with Crippen LogP contribution in [0.4, 0.5) is 5.69 Å². The second-order valence-electron chi connectivity index (χ2n) is 4.87. The van der Waals surface area contributed by atoms with E-state index in [0.29, 0.717) is 16.8 Å². The van der Waals surface area contributed by atoms with Gasteiger partial charge in [0.25, 0.3) is 0 Å². The van der Waals surface area contributed by atoms with Crippen LogP contribution in [0, 0.1) is 5.92 Å². The molecule has 0 spiro atoms. The number of carbonyl (C=O) groups is 2. The summed E-state index contributed by atoms with van der Waals surface area (Å²) in [7, 11) is 0. The third-order valence-corrected chi connectivity index (χ3v) is 3.70. The van der Waals surface area contributed by atoms with Crippen LogP contribution in [0.1, 0.15) is 10.4 Å². The predicted molar refractivity (Wildman–Crippen MR) is 72.4 cm³/mol. The number of benzene rings is 1. The normalized spacial score (nSPS) is 30.0. The molecule has 1 aromatic rings. The van der Waals surface area contributed by atoms with Gasteiger partial charge in [-0.15, -0.1) is 0 Å². The fourth-order valence-corrected chi connectivity index (χ4v) is 2.72. The summed E-state index contributed by atoms with van der Waals surface area (Å²) >= 11 is 0. The van der Waals surface area contributed by atoms with Gasteiger partial charge in [-0.2, -0.15) is 0 Å². The molecule has 2 aliphatic heterocycles. The zero-order chi connectivity index (χ0) is 13.7. The smallest absolute Gasteiger partial charge is 0.211 e. The van der Waals surface area contributed by atoms with Gasteiger partial charge < -0.3 is 10.2 Å². The molecule has 4 rings (SSSR count). The summed E-state index contributed by atoms with van der Waals surface area (Å²) in [6.07, 6.45) is 4.36. The number of fused-ring (bicyclic) bond motifs is 2. The van der Waals surface area contributed by atoms with E-state index in [-0.39, 0.29) is 17.5 Å². The summed E-state index contributed by atoms with van der Waals surface area (Å²) in [5, 5.41) is 6.79. The molecule has 0 saturated heterocycles. The second kappa shape index (κ2) is 3.90. The van der Waals surface area contributed by atoms with Crippen LogP contribution in [0.5, 0.6) is 0 Å². The summed E-state index contributed by atoms with van der Waals surface area (Å²) in [5.41, 5.74) is 1.96. The van der Waals surface area contributed by atoms with Crippen molar-refractivity contribution in [2.24, 2.45) is 11.1 Å². The zero-order valence-electron chi connectivity index (χ0n) is 10.4. The molecule has 2 heterocycles. The molecule has 0 aromatic heterocycles. The van der Waals surface area contributed by atoms with Gasteiger partial charge in [-0.3, -0.25) is 9.59 Å². The lowest BCUT2D eigenvalue weighted by atomic mass is 9.86. The van der Waals surface area contributed by atoms with Gasteiger partial charge in [0.05, 0.1) is 23.4 Å². The van der Waals surface area contributed by atoms with Crippen molar-refractivity contribution in [1.29, 1.82) is 0 Å². The number of hydrogen-bond donors (Lipinski definition) is 1. The summed E-state index contributed by atoms with van der Waals surface area (Å²) < 4.78 is 0. The molecule has 1 aromatic carbocycles. The topological polar surface area (TPSA) is 67.8 Å². The van der Waals surface area contributed by atoms with E-state index in [9.17, 15) is 9.59 Å². The molecule has 0 radical (unpaired) electrons. The molecule has 5 nitrogen and oxygen atoms in total. The van der Waals surface area contributed by atoms with E-state index in [0.717, 1.165) is 5.69 Å². The maximum atomic E-state index is 12.4. The fraction of sp³-hybridized carbons (Fsp3) is 0.133. The van der Waals surface area contributed by atoms with Gasteiger partial charge in [0.15, 0.2) is 11.9 Å². The van der Waals surface area contributed by atoms with Crippen molar-refractivity contribution in [2.75, 3.05) is 5.32 Å². The Hall–Kier alpha value is -2.69. The first-order valence-electron chi connectivity index (χ1n) is 6.32. The molecule has 2 unspecified atom stereocenters. The number of oxime groups is 1. The summed E-state index contributed by atoms with van der Waals surface area (Å²) in [6, 6.07) is 7.19. The summed E-state index contributed by atoms with van der Waals surface area (Å²) in [4.78, 5) is 29.8. The molecule has 1 N–H and O–H groups in total. The Morgan fingerprint density at radius 2 is 2.05 bits per heavy atom. The van der Waals surface area contributed by atoms with Crippen LogP contribution < -0.4 is 5.32 Å². The van der Waals surface area contributed by atoms with Gasteiger partial charge >= 0.3 is 0 Å². The van der Waals surface area contributed by atoms with Crippen molar-refractivity contribution in [1.82, 2.24) is 0 Å². The number of allylic oxidation sites excluding steroid dienone is 2. The number of para-hydroxylation sites is 1. The van der Waals surface area contributed by atoms with Gasteiger partial charge in [0, 0.05) is 11.3 Å². The second-order valence-corrected chi connectivity index (χ2v) is 4.87. The monoisotopic (exact) mass is 266 g/mol. The van der Waals surface area contributed by atoms with Gasteiger partial charge in [-0.05, 0) is 18.2 Å². The number of ketones is 2. The number of carbonyl (C=O) groups excluding carboxylic acids is 2.